The average molecular weight is 638 g/mol. The van der Waals surface area contributed by atoms with Gasteiger partial charge in [0.15, 0.2) is 0 Å². The monoisotopic (exact) mass is 637 g/mol. The Morgan fingerprint density at radius 3 is 2.03 bits per heavy atom. The molecule has 0 unspecified atom stereocenters. The number of hydrogen-bond acceptors (Lipinski definition) is 2. The van der Waals surface area contributed by atoms with Crippen LogP contribution < -0.4 is 0 Å². The summed E-state index contributed by atoms with van der Waals surface area (Å²) in [6.07, 6.45) is 8.47. The van der Waals surface area contributed by atoms with Crippen LogP contribution >= 0.6 is 11.6 Å². The summed E-state index contributed by atoms with van der Waals surface area (Å²) in [6.45, 7) is 0. The molecule has 3 aromatic carbocycles. The van der Waals surface area contributed by atoms with E-state index in [1.165, 1.54) is 0 Å². The van der Waals surface area contributed by atoms with Crippen LogP contribution in [0, 0.1) is 18.4 Å². The summed E-state index contributed by atoms with van der Waals surface area (Å²) in [5, 5.41) is 0.722. The molecule has 0 aliphatic rings. The maximum absolute atomic E-state index is 6.69. The Hall–Kier alpha value is -3.50. The first-order valence-corrected chi connectivity index (χ1v) is 10.7. The van der Waals surface area contributed by atoms with Crippen LogP contribution in [0.15, 0.2) is 115 Å². The van der Waals surface area contributed by atoms with Crippen LogP contribution in [0.4, 0.5) is 0 Å². The first kappa shape index (κ1) is 25.1. The van der Waals surface area contributed by atoms with E-state index in [0.717, 1.165) is 44.4 Å². The topological polar surface area (TPSA) is 25.8 Å². The van der Waals surface area contributed by atoms with Crippen LogP contribution in [0.1, 0.15) is 5.56 Å². The van der Waals surface area contributed by atoms with E-state index in [-0.39, 0.29) is 21.1 Å². The van der Waals surface area contributed by atoms with Crippen molar-refractivity contribution in [1.29, 1.82) is 0 Å². The summed E-state index contributed by atoms with van der Waals surface area (Å²) in [6, 6.07) is 38.2. The van der Waals surface area contributed by atoms with Gasteiger partial charge in [0.25, 0.3) is 0 Å². The summed E-state index contributed by atoms with van der Waals surface area (Å²) in [5.74, 6) is 2.28. The van der Waals surface area contributed by atoms with E-state index in [2.05, 4.69) is 29.1 Å². The van der Waals surface area contributed by atoms with E-state index in [4.69, 9.17) is 23.0 Å². The summed E-state index contributed by atoms with van der Waals surface area (Å²) < 4.78 is 0. The third kappa shape index (κ3) is 6.75. The number of hydrogen-bond donors (Lipinski definition) is 0. The Bertz CT molecular complexity index is 1290. The molecule has 2 aromatic heterocycles. The van der Waals surface area contributed by atoms with Gasteiger partial charge < -0.3 is 6.42 Å². The van der Waals surface area contributed by atoms with Crippen molar-refractivity contribution in [1.82, 2.24) is 9.97 Å². The van der Waals surface area contributed by atoms with Gasteiger partial charge in [-0.3, -0.25) is 15.9 Å². The second-order valence-corrected chi connectivity index (χ2v) is 7.55. The normalized spacial score (nSPS) is 9.65. The Morgan fingerprint density at radius 2 is 1.41 bits per heavy atom. The van der Waals surface area contributed by atoms with Crippen LogP contribution in [0.25, 0.3) is 33.8 Å². The molecule has 4 heteroatoms. The van der Waals surface area contributed by atoms with Gasteiger partial charge in [0.05, 0.1) is 11.4 Å². The molecule has 0 bridgehead atoms. The number of aromatic nitrogens is 2. The fourth-order valence-electron chi connectivity index (χ4n) is 3.20. The van der Waals surface area contributed by atoms with E-state index < -0.39 is 0 Å². The Kier molecular flexibility index (Phi) is 9.36. The Labute approximate surface area is 220 Å². The average Bonchev–Trinajstić information content (AvgIpc) is 2.91. The van der Waals surface area contributed by atoms with E-state index >= 15 is 0 Å². The minimum atomic E-state index is 0. The van der Waals surface area contributed by atoms with Crippen molar-refractivity contribution in [2.75, 3.05) is 0 Å². The molecule has 0 radical (unpaired) electrons. The predicted octanol–water partition coefficient (Wildman–Crippen LogP) is 7.55. The van der Waals surface area contributed by atoms with Crippen molar-refractivity contribution >= 4 is 11.6 Å². The Morgan fingerprint density at radius 1 is 0.706 bits per heavy atom. The first-order valence-electron chi connectivity index (χ1n) is 10.4. The van der Waals surface area contributed by atoms with Crippen molar-refractivity contribution in [2.45, 2.75) is 0 Å². The zero-order valence-corrected chi connectivity index (χ0v) is 21.1. The third-order valence-electron chi connectivity index (χ3n) is 4.83. The fraction of sp³-hybridized carbons (Fsp3) is 0. The molecule has 0 N–H and O–H groups in total. The SMILES string of the molecule is Clc1ccc(-c2cc(-c3[c-]cccc3)nc(-c3ccccn3)c2)cc1.[C-]#Cc1ccccc1.[Pt+2]. The molecule has 2 nitrogen and oxygen atoms in total. The summed E-state index contributed by atoms with van der Waals surface area (Å²) >= 11 is 6.03. The molecule has 5 rings (SSSR count). The van der Waals surface area contributed by atoms with E-state index in [1.54, 1.807) is 6.20 Å². The second kappa shape index (κ2) is 12.7. The summed E-state index contributed by atoms with van der Waals surface area (Å²) in [7, 11) is 0. The third-order valence-corrected chi connectivity index (χ3v) is 5.09. The van der Waals surface area contributed by atoms with Gasteiger partial charge >= 0.3 is 21.1 Å². The quantitative estimate of drug-likeness (QED) is 0.151. The first-order chi connectivity index (χ1) is 16.2. The van der Waals surface area contributed by atoms with Crippen LogP contribution in [-0.2, 0) is 21.1 Å². The minimum absolute atomic E-state index is 0. The maximum Gasteiger partial charge on any atom is 2.00 e. The summed E-state index contributed by atoms with van der Waals surface area (Å²) in [4.78, 5) is 9.24. The maximum atomic E-state index is 6.69. The van der Waals surface area contributed by atoms with Crippen molar-refractivity contribution < 1.29 is 21.1 Å². The molecule has 0 aliphatic heterocycles. The number of rotatable bonds is 3. The molecule has 0 saturated carbocycles. The molecule has 2 heterocycles. The van der Waals surface area contributed by atoms with Crippen LogP contribution in [-0.4, -0.2) is 9.97 Å². The van der Waals surface area contributed by atoms with Gasteiger partial charge in [-0.1, -0.05) is 54.1 Å². The van der Waals surface area contributed by atoms with E-state index in [0.29, 0.717) is 0 Å². The molecule has 34 heavy (non-hydrogen) atoms. The predicted molar refractivity (Wildman–Crippen MR) is 135 cm³/mol. The molecule has 166 valence electrons. The van der Waals surface area contributed by atoms with Gasteiger partial charge in [0.2, 0.25) is 0 Å². The Balaban J connectivity index is 0.000000308. The molecule has 0 aliphatic carbocycles. The van der Waals surface area contributed by atoms with Crippen LogP contribution in [0.5, 0.6) is 0 Å². The summed E-state index contributed by atoms with van der Waals surface area (Å²) in [5.41, 5.74) is 6.48. The molecule has 0 fully saturated rings. The zero-order chi connectivity index (χ0) is 22.9. The molecular weight excluding hydrogens is 619 g/mol. The molecule has 5 aromatic rings. The molecule has 0 saturated heterocycles. The second-order valence-electron chi connectivity index (χ2n) is 7.12. The molecule has 0 atom stereocenters. The molecule has 0 amide bonds. The number of benzene rings is 3. The fourth-order valence-corrected chi connectivity index (χ4v) is 3.32. The van der Waals surface area contributed by atoms with Crippen molar-refractivity contribution in [2.24, 2.45) is 0 Å². The van der Waals surface area contributed by atoms with Gasteiger partial charge in [0, 0.05) is 11.2 Å². The van der Waals surface area contributed by atoms with Gasteiger partial charge in [-0.2, -0.15) is 0 Å². The van der Waals surface area contributed by atoms with Crippen molar-refractivity contribution in [3.05, 3.63) is 138 Å². The van der Waals surface area contributed by atoms with Gasteiger partial charge in [0.1, 0.15) is 0 Å². The molecule has 0 spiro atoms. The van der Waals surface area contributed by atoms with E-state index in [9.17, 15) is 0 Å². The molecular formula is C30H19ClN2Pt. The van der Waals surface area contributed by atoms with Crippen molar-refractivity contribution in [3.63, 3.8) is 0 Å². The number of halogens is 1. The zero-order valence-electron chi connectivity index (χ0n) is 18.1. The standard InChI is InChI=1S/C22H14ClN2.C8H5.Pt/c23-19-11-9-16(10-12-19)18-14-21(17-6-2-1-3-7-17)25-22(15-18)20-8-4-5-13-24-20;1-2-8-6-4-3-5-7-8;/h1-6,8-15H;3-7H;/q2*-1;+2. The van der Waals surface area contributed by atoms with Crippen molar-refractivity contribution in [3.8, 4) is 39.7 Å². The smallest absolute Gasteiger partial charge is 0.366 e. The van der Waals surface area contributed by atoms with Gasteiger partial charge in [-0.15, -0.1) is 53.6 Å². The number of pyridine rings is 2. The van der Waals surface area contributed by atoms with Gasteiger partial charge in [-0.05, 0) is 47.2 Å². The van der Waals surface area contributed by atoms with E-state index in [1.807, 2.05) is 97.1 Å². The van der Waals surface area contributed by atoms with Gasteiger partial charge in [-0.25, -0.2) is 0 Å². The number of nitrogens with zero attached hydrogens (tertiary/aromatic N) is 2. The van der Waals surface area contributed by atoms with Crippen LogP contribution in [0.3, 0.4) is 0 Å². The largest absolute Gasteiger partial charge is 2.00 e. The minimum Gasteiger partial charge on any atom is -0.366 e. The van der Waals surface area contributed by atoms with Crippen LogP contribution in [0.2, 0.25) is 5.02 Å².